The summed E-state index contributed by atoms with van der Waals surface area (Å²) >= 11 is 0. The normalized spacial score (nSPS) is 23.0. The summed E-state index contributed by atoms with van der Waals surface area (Å²) in [5.74, 6) is 0.620. The quantitative estimate of drug-likeness (QED) is 0.875. The number of hydrogen-bond donors (Lipinski definition) is 1. The van der Waals surface area contributed by atoms with Gasteiger partial charge in [0.05, 0.1) is 12.1 Å². The molecule has 6 heteroatoms. The van der Waals surface area contributed by atoms with Crippen molar-refractivity contribution in [3.8, 4) is 0 Å². The molecule has 1 saturated carbocycles. The van der Waals surface area contributed by atoms with Crippen molar-refractivity contribution < 1.29 is 9.59 Å². The number of carbonyl (C=O) groups is 2. The zero-order chi connectivity index (χ0) is 18.2. The molecule has 1 N–H and O–H groups in total. The van der Waals surface area contributed by atoms with E-state index in [-0.39, 0.29) is 35.0 Å². The number of benzene rings is 1. The number of ketones is 1. The van der Waals surface area contributed by atoms with Crippen LogP contribution in [0.1, 0.15) is 40.5 Å². The summed E-state index contributed by atoms with van der Waals surface area (Å²) in [6.07, 6.45) is 1.29. The average Bonchev–Trinajstić information content (AvgIpc) is 2.93. The third-order valence-electron chi connectivity index (χ3n) is 5.67. The molecule has 1 aromatic carbocycles. The Morgan fingerprint density at radius 1 is 1.36 bits per heavy atom. The van der Waals surface area contributed by atoms with E-state index >= 15 is 0 Å². The van der Waals surface area contributed by atoms with Gasteiger partial charge in [-0.15, -0.1) is 5.10 Å². The van der Waals surface area contributed by atoms with E-state index in [1.54, 1.807) is 6.92 Å². The molecule has 25 heavy (non-hydrogen) atoms. The number of para-hydroxylation sites is 1. The van der Waals surface area contributed by atoms with E-state index < -0.39 is 0 Å². The number of hydrogen-bond acceptors (Lipinski definition) is 4. The lowest BCUT2D eigenvalue weighted by atomic mass is 9.52. The molecule has 3 rings (SSSR count). The highest BCUT2D eigenvalue weighted by molar-refractivity contribution is 5.81. The Kier molecular flexibility index (Phi) is 4.62. The third-order valence-corrected chi connectivity index (χ3v) is 5.67. The van der Waals surface area contributed by atoms with Gasteiger partial charge in [0.1, 0.15) is 11.3 Å². The first-order chi connectivity index (χ1) is 11.8. The Balaban J connectivity index is 1.54. The van der Waals surface area contributed by atoms with Gasteiger partial charge in [-0.25, -0.2) is 4.68 Å². The Bertz CT molecular complexity index is 796. The van der Waals surface area contributed by atoms with Crippen LogP contribution in [0.2, 0.25) is 0 Å². The molecule has 2 aromatic rings. The highest BCUT2D eigenvalue weighted by Crippen LogP contribution is 2.53. The maximum absolute atomic E-state index is 12.4. The Morgan fingerprint density at radius 2 is 2.08 bits per heavy atom. The molecule has 0 bridgehead atoms. The number of rotatable bonds is 6. The molecule has 1 aromatic heterocycles. The van der Waals surface area contributed by atoms with Crippen LogP contribution in [-0.4, -0.2) is 32.7 Å². The van der Waals surface area contributed by atoms with E-state index in [4.69, 9.17) is 0 Å². The second-order valence-corrected chi connectivity index (χ2v) is 7.85. The Labute approximate surface area is 148 Å². The van der Waals surface area contributed by atoms with Crippen LogP contribution in [-0.2, 0) is 16.1 Å². The fraction of sp³-hybridized carbons (Fsp3) is 0.579. The molecule has 0 saturated heterocycles. The van der Waals surface area contributed by atoms with Gasteiger partial charge in [0.15, 0.2) is 0 Å². The average molecular weight is 342 g/mol. The van der Waals surface area contributed by atoms with E-state index in [1.165, 1.54) is 0 Å². The predicted molar refractivity (Wildman–Crippen MR) is 95.8 cm³/mol. The van der Waals surface area contributed by atoms with Gasteiger partial charge in [0, 0.05) is 18.4 Å². The minimum atomic E-state index is -0.0888. The van der Waals surface area contributed by atoms with Crippen molar-refractivity contribution in [1.82, 2.24) is 20.3 Å². The Hall–Kier alpha value is -2.24. The number of nitrogens with zero attached hydrogens (tertiary/aromatic N) is 3. The maximum Gasteiger partial charge on any atom is 0.220 e. The van der Waals surface area contributed by atoms with Gasteiger partial charge in [0.2, 0.25) is 5.91 Å². The van der Waals surface area contributed by atoms with E-state index in [0.29, 0.717) is 13.0 Å². The van der Waals surface area contributed by atoms with Crippen LogP contribution in [0.5, 0.6) is 0 Å². The van der Waals surface area contributed by atoms with Crippen LogP contribution in [0, 0.1) is 17.3 Å². The number of amides is 1. The summed E-state index contributed by atoms with van der Waals surface area (Å²) in [7, 11) is 0. The van der Waals surface area contributed by atoms with E-state index in [2.05, 4.69) is 29.5 Å². The molecule has 6 nitrogen and oxygen atoms in total. The van der Waals surface area contributed by atoms with Crippen molar-refractivity contribution in [2.45, 2.75) is 53.1 Å². The SMILES string of the molecule is CC(=O)[C@@H]1C[C@@H](CC(=O)N[C@@H](C)Cn2nnc3ccccc32)C1(C)C. The molecule has 0 radical (unpaired) electrons. The fourth-order valence-electron chi connectivity index (χ4n) is 3.97. The van der Waals surface area contributed by atoms with Crippen LogP contribution in [0.4, 0.5) is 0 Å². The van der Waals surface area contributed by atoms with Gasteiger partial charge in [-0.1, -0.05) is 31.2 Å². The molecule has 1 fully saturated rings. The predicted octanol–water partition coefficient (Wildman–Crippen LogP) is 2.58. The summed E-state index contributed by atoms with van der Waals surface area (Å²) in [6, 6.07) is 7.75. The standard InChI is InChI=1S/C19H26N4O2/c1-12(11-23-17-8-6-5-7-16(17)21-22-23)20-18(25)10-14-9-15(13(2)24)19(14,3)4/h5-8,12,14-15H,9-11H2,1-4H3,(H,20,25)/t12-,14-,15-/m0/s1. The molecule has 0 spiro atoms. The van der Waals surface area contributed by atoms with E-state index in [0.717, 1.165) is 17.5 Å². The second kappa shape index (κ2) is 6.58. The molecular formula is C19H26N4O2. The molecule has 0 aliphatic heterocycles. The Morgan fingerprint density at radius 3 is 2.76 bits per heavy atom. The van der Waals surface area contributed by atoms with Gasteiger partial charge in [-0.2, -0.15) is 0 Å². The summed E-state index contributed by atoms with van der Waals surface area (Å²) in [5, 5.41) is 11.3. The minimum Gasteiger partial charge on any atom is -0.352 e. The first-order valence-electron chi connectivity index (χ1n) is 8.87. The molecule has 0 unspecified atom stereocenters. The van der Waals surface area contributed by atoms with Crippen molar-refractivity contribution in [2.24, 2.45) is 17.3 Å². The third kappa shape index (κ3) is 3.43. The number of Topliss-reactive ketones (excluding diaryl/α,β-unsaturated/α-hetero) is 1. The van der Waals surface area contributed by atoms with Gasteiger partial charge in [-0.05, 0) is 43.7 Å². The van der Waals surface area contributed by atoms with Crippen LogP contribution >= 0.6 is 0 Å². The van der Waals surface area contributed by atoms with Crippen molar-refractivity contribution in [2.75, 3.05) is 0 Å². The summed E-state index contributed by atoms with van der Waals surface area (Å²) in [5.41, 5.74) is 1.73. The molecule has 1 aliphatic carbocycles. The van der Waals surface area contributed by atoms with E-state index in [9.17, 15) is 9.59 Å². The zero-order valence-corrected chi connectivity index (χ0v) is 15.3. The number of fused-ring (bicyclic) bond motifs is 1. The monoisotopic (exact) mass is 342 g/mol. The maximum atomic E-state index is 12.4. The first kappa shape index (κ1) is 17.6. The fourth-order valence-corrected chi connectivity index (χ4v) is 3.97. The topological polar surface area (TPSA) is 76.9 Å². The summed E-state index contributed by atoms with van der Waals surface area (Å²) < 4.78 is 1.82. The summed E-state index contributed by atoms with van der Waals surface area (Å²) in [4.78, 5) is 24.0. The van der Waals surface area contributed by atoms with Crippen LogP contribution in [0.15, 0.2) is 24.3 Å². The largest absolute Gasteiger partial charge is 0.352 e. The van der Waals surface area contributed by atoms with Crippen molar-refractivity contribution in [3.05, 3.63) is 24.3 Å². The van der Waals surface area contributed by atoms with Gasteiger partial charge >= 0.3 is 0 Å². The molecule has 1 amide bonds. The molecule has 1 aliphatic rings. The van der Waals surface area contributed by atoms with Crippen LogP contribution in [0.3, 0.4) is 0 Å². The number of nitrogens with one attached hydrogen (secondary N) is 1. The second-order valence-electron chi connectivity index (χ2n) is 7.85. The smallest absolute Gasteiger partial charge is 0.220 e. The molecule has 3 atom stereocenters. The highest BCUT2D eigenvalue weighted by Gasteiger charge is 2.50. The molecule has 134 valence electrons. The summed E-state index contributed by atoms with van der Waals surface area (Å²) in [6.45, 7) is 8.37. The van der Waals surface area contributed by atoms with Gasteiger partial charge < -0.3 is 5.32 Å². The zero-order valence-electron chi connectivity index (χ0n) is 15.3. The van der Waals surface area contributed by atoms with E-state index in [1.807, 2.05) is 35.9 Å². The van der Waals surface area contributed by atoms with Crippen LogP contribution in [0.25, 0.3) is 11.0 Å². The van der Waals surface area contributed by atoms with Crippen molar-refractivity contribution in [1.29, 1.82) is 0 Å². The molecule has 1 heterocycles. The molecular weight excluding hydrogens is 316 g/mol. The van der Waals surface area contributed by atoms with Crippen molar-refractivity contribution in [3.63, 3.8) is 0 Å². The van der Waals surface area contributed by atoms with Gasteiger partial charge in [-0.3, -0.25) is 9.59 Å². The lowest BCUT2D eigenvalue weighted by Crippen LogP contribution is -2.50. The van der Waals surface area contributed by atoms with Crippen LogP contribution < -0.4 is 5.32 Å². The lowest BCUT2D eigenvalue weighted by molar-refractivity contribution is -0.141. The number of carbonyl (C=O) groups excluding carboxylic acids is 2. The minimum absolute atomic E-state index is 0.0376. The number of aromatic nitrogens is 3. The lowest BCUT2D eigenvalue weighted by Gasteiger charge is -2.51. The van der Waals surface area contributed by atoms with Gasteiger partial charge in [0.25, 0.3) is 0 Å². The van der Waals surface area contributed by atoms with Crippen molar-refractivity contribution >= 4 is 22.7 Å². The highest BCUT2D eigenvalue weighted by atomic mass is 16.1. The first-order valence-corrected chi connectivity index (χ1v) is 8.87.